The van der Waals surface area contributed by atoms with E-state index in [0.717, 1.165) is 21.2 Å². The van der Waals surface area contributed by atoms with E-state index in [4.69, 9.17) is 17.3 Å². The molecule has 0 saturated heterocycles. The molecule has 0 aliphatic carbocycles. The first-order valence-corrected chi connectivity index (χ1v) is 6.51. The molecule has 0 aliphatic heterocycles. The van der Waals surface area contributed by atoms with Gasteiger partial charge in [0.2, 0.25) is 0 Å². The van der Waals surface area contributed by atoms with Gasteiger partial charge in [0.25, 0.3) is 0 Å². The summed E-state index contributed by atoms with van der Waals surface area (Å²) in [4.78, 5) is 6.25. The Kier molecular flexibility index (Phi) is 3.51. The molecule has 0 aliphatic rings. The van der Waals surface area contributed by atoms with Gasteiger partial charge in [-0.1, -0.05) is 23.7 Å². The summed E-state index contributed by atoms with van der Waals surface area (Å²) in [5, 5.41) is 0. The first-order valence-electron chi connectivity index (χ1n) is 4.33. The standard InChI is InChI=1S/C10H9ClN2S2/c11-10-13-5-7(15-10)6-14-9-4-2-1-3-8(9)12/h1-5H,6,12H2. The van der Waals surface area contributed by atoms with Gasteiger partial charge in [-0.15, -0.1) is 23.1 Å². The van der Waals surface area contributed by atoms with Crippen LogP contribution in [0.15, 0.2) is 35.4 Å². The summed E-state index contributed by atoms with van der Waals surface area (Å²) >= 11 is 8.95. The van der Waals surface area contributed by atoms with E-state index in [1.165, 1.54) is 11.3 Å². The number of benzene rings is 1. The Balaban J connectivity index is 2.02. The summed E-state index contributed by atoms with van der Waals surface area (Å²) in [7, 11) is 0. The van der Waals surface area contributed by atoms with Crippen LogP contribution in [-0.2, 0) is 5.75 Å². The van der Waals surface area contributed by atoms with Crippen LogP contribution in [0, 0.1) is 0 Å². The van der Waals surface area contributed by atoms with Crippen molar-refractivity contribution in [3.05, 3.63) is 39.8 Å². The van der Waals surface area contributed by atoms with Crippen LogP contribution in [-0.4, -0.2) is 4.98 Å². The number of nitrogen functional groups attached to an aromatic ring is 1. The van der Waals surface area contributed by atoms with Crippen molar-refractivity contribution in [3.8, 4) is 0 Å². The van der Waals surface area contributed by atoms with Crippen LogP contribution in [0.4, 0.5) is 5.69 Å². The molecule has 78 valence electrons. The summed E-state index contributed by atoms with van der Waals surface area (Å²) in [6.45, 7) is 0. The van der Waals surface area contributed by atoms with E-state index in [0.29, 0.717) is 4.47 Å². The minimum atomic E-state index is 0.589. The normalized spacial score (nSPS) is 10.5. The summed E-state index contributed by atoms with van der Waals surface area (Å²) < 4.78 is 0.589. The van der Waals surface area contributed by atoms with Crippen LogP contribution in [0.2, 0.25) is 4.47 Å². The number of rotatable bonds is 3. The Bertz CT molecular complexity index is 456. The van der Waals surface area contributed by atoms with Gasteiger partial charge in [-0.25, -0.2) is 4.98 Å². The van der Waals surface area contributed by atoms with Crippen LogP contribution in [0.3, 0.4) is 0 Å². The molecule has 1 aromatic heterocycles. The Hall–Kier alpha value is -0.710. The van der Waals surface area contributed by atoms with Gasteiger partial charge in [-0.2, -0.15) is 0 Å². The molecule has 0 fully saturated rings. The molecule has 2 aromatic rings. The highest BCUT2D eigenvalue weighted by molar-refractivity contribution is 7.98. The lowest BCUT2D eigenvalue weighted by atomic mass is 10.3. The number of para-hydroxylation sites is 1. The minimum absolute atomic E-state index is 0.589. The zero-order chi connectivity index (χ0) is 10.7. The quantitative estimate of drug-likeness (QED) is 0.673. The molecule has 0 amide bonds. The van der Waals surface area contributed by atoms with Crippen molar-refractivity contribution in [3.63, 3.8) is 0 Å². The maximum atomic E-state index is 5.83. The summed E-state index contributed by atoms with van der Waals surface area (Å²) in [5.74, 6) is 0.860. The van der Waals surface area contributed by atoms with Gasteiger partial charge in [0, 0.05) is 27.4 Å². The van der Waals surface area contributed by atoms with E-state index >= 15 is 0 Å². The molecule has 0 atom stereocenters. The van der Waals surface area contributed by atoms with Crippen LogP contribution in [0.25, 0.3) is 0 Å². The van der Waals surface area contributed by atoms with Crippen LogP contribution >= 0.6 is 34.7 Å². The van der Waals surface area contributed by atoms with Crippen LogP contribution in [0.5, 0.6) is 0 Å². The maximum Gasteiger partial charge on any atom is 0.183 e. The SMILES string of the molecule is Nc1ccccc1SCc1cnc(Cl)s1. The second-order valence-corrected chi connectivity index (χ2v) is 5.62. The lowest BCUT2D eigenvalue weighted by molar-refractivity contribution is 1.36. The number of anilines is 1. The first-order chi connectivity index (χ1) is 7.25. The molecule has 0 unspecified atom stereocenters. The van der Waals surface area contributed by atoms with Crippen molar-refractivity contribution >= 4 is 40.4 Å². The molecule has 1 aromatic carbocycles. The first kappa shape index (κ1) is 10.8. The van der Waals surface area contributed by atoms with Crippen molar-refractivity contribution < 1.29 is 0 Å². The molecular formula is C10H9ClN2S2. The van der Waals surface area contributed by atoms with Gasteiger partial charge >= 0.3 is 0 Å². The Morgan fingerprint density at radius 3 is 2.87 bits per heavy atom. The third-order valence-corrected chi connectivity index (χ3v) is 4.25. The smallest absolute Gasteiger partial charge is 0.183 e. The summed E-state index contributed by atoms with van der Waals surface area (Å²) in [5.41, 5.74) is 6.65. The number of nitrogens with two attached hydrogens (primary N) is 1. The number of thiazole rings is 1. The van der Waals surface area contributed by atoms with Crippen LogP contribution < -0.4 is 5.73 Å². The highest BCUT2D eigenvalue weighted by Crippen LogP contribution is 2.30. The van der Waals surface area contributed by atoms with Crippen molar-refractivity contribution in [1.29, 1.82) is 0 Å². The highest BCUT2D eigenvalue weighted by Gasteiger charge is 2.02. The molecule has 2 N–H and O–H groups in total. The minimum Gasteiger partial charge on any atom is -0.398 e. The Morgan fingerprint density at radius 1 is 1.40 bits per heavy atom. The second-order valence-electron chi connectivity index (χ2n) is 2.91. The monoisotopic (exact) mass is 256 g/mol. The maximum absolute atomic E-state index is 5.83. The molecule has 2 rings (SSSR count). The lowest BCUT2D eigenvalue weighted by Crippen LogP contribution is -1.87. The molecule has 5 heteroatoms. The van der Waals surface area contributed by atoms with E-state index < -0.39 is 0 Å². The van der Waals surface area contributed by atoms with Gasteiger partial charge in [0.1, 0.15) is 0 Å². The fourth-order valence-electron chi connectivity index (χ4n) is 1.11. The van der Waals surface area contributed by atoms with Crippen LogP contribution in [0.1, 0.15) is 4.88 Å². The van der Waals surface area contributed by atoms with Gasteiger partial charge in [-0.3, -0.25) is 0 Å². The molecule has 0 spiro atoms. The molecule has 0 bridgehead atoms. The van der Waals surface area contributed by atoms with Crippen molar-refractivity contribution in [1.82, 2.24) is 4.98 Å². The zero-order valence-corrected chi connectivity index (χ0v) is 10.2. The highest BCUT2D eigenvalue weighted by atomic mass is 35.5. The van der Waals surface area contributed by atoms with E-state index in [1.54, 1.807) is 18.0 Å². The van der Waals surface area contributed by atoms with Gasteiger partial charge in [0.15, 0.2) is 4.47 Å². The molecule has 2 nitrogen and oxygen atoms in total. The Labute approximate surface area is 101 Å². The van der Waals surface area contributed by atoms with Crippen molar-refractivity contribution in [2.24, 2.45) is 0 Å². The van der Waals surface area contributed by atoms with E-state index in [2.05, 4.69) is 4.98 Å². The van der Waals surface area contributed by atoms with Gasteiger partial charge in [0.05, 0.1) is 0 Å². The number of nitrogens with zero attached hydrogens (tertiary/aromatic N) is 1. The molecule has 1 heterocycles. The number of hydrogen-bond acceptors (Lipinski definition) is 4. The third kappa shape index (κ3) is 2.87. The van der Waals surface area contributed by atoms with E-state index in [9.17, 15) is 0 Å². The van der Waals surface area contributed by atoms with E-state index in [-0.39, 0.29) is 0 Å². The van der Waals surface area contributed by atoms with Gasteiger partial charge in [-0.05, 0) is 12.1 Å². The average molecular weight is 257 g/mol. The second kappa shape index (κ2) is 4.88. The molecule has 15 heavy (non-hydrogen) atoms. The number of halogens is 1. The van der Waals surface area contributed by atoms with E-state index in [1.807, 2.05) is 24.3 Å². The Morgan fingerprint density at radius 2 is 2.20 bits per heavy atom. The summed E-state index contributed by atoms with van der Waals surface area (Å²) in [6, 6.07) is 7.84. The lowest BCUT2D eigenvalue weighted by Gasteiger charge is -2.02. The molecule has 0 saturated carbocycles. The molecular weight excluding hydrogens is 248 g/mol. The largest absolute Gasteiger partial charge is 0.398 e. The number of thioether (sulfide) groups is 1. The third-order valence-electron chi connectivity index (χ3n) is 1.81. The fourth-order valence-corrected chi connectivity index (χ4v) is 3.08. The zero-order valence-electron chi connectivity index (χ0n) is 7.81. The molecule has 0 radical (unpaired) electrons. The van der Waals surface area contributed by atoms with Crippen molar-refractivity contribution in [2.45, 2.75) is 10.6 Å². The van der Waals surface area contributed by atoms with Crippen molar-refractivity contribution in [2.75, 3.05) is 5.73 Å². The predicted octanol–water partition coefficient (Wildman–Crippen LogP) is 3.67. The van der Waals surface area contributed by atoms with Gasteiger partial charge < -0.3 is 5.73 Å². The topological polar surface area (TPSA) is 38.9 Å². The fraction of sp³-hybridized carbons (Fsp3) is 0.100. The predicted molar refractivity (Wildman–Crippen MR) is 67.5 cm³/mol. The number of aromatic nitrogens is 1. The average Bonchev–Trinajstić information content (AvgIpc) is 2.63. The summed E-state index contributed by atoms with van der Waals surface area (Å²) in [6.07, 6.45) is 1.80. The number of hydrogen-bond donors (Lipinski definition) is 1.